The van der Waals surface area contributed by atoms with E-state index in [0.29, 0.717) is 17.3 Å². The first-order valence-corrected chi connectivity index (χ1v) is 6.47. The fourth-order valence-corrected chi connectivity index (χ4v) is 2.36. The molecule has 0 N–H and O–H groups in total. The summed E-state index contributed by atoms with van der Waals surface area (Å²) in [7, 11) is 0. The van der Waals surface area contributed by atoms with Crippen LogP contribution in [0.4, 0.5) is 0 Å². The lowest BCUT2D eigenvalue weighted by Crippen LogP contribution is -2.17. The van der Waals surface area contributed by atoms with E-state index in [9.17, 15) is 9.59 Å². The van der Waals surface area contributed by atoms with Gasteiger partial charge in [0.1, 0.15) is 0 Å². The molecule has 0 aromatic heterocycles. The molecule has 0 saturated carbocycles. The van der Waals surface area contributed by atoms with Crippen LogP contribution in [0.25, 0.3) is 0 Å². The largest absolute Gasteiger partial charge is 0.367 e. The van der Waals surface area contributed by atoms with E-state index in [1.54, 1.807) is 6.92 Å². The average Bonchev–Trinajstić information content (AvgIpc) is 2.88. The van der Waals surface area contributed by atoms with Crippen LogP contribution in [0, 0.1) is 5.92 Å². The maximum absolute atomic E-state index is 11.9. The minimum atomic E-state index is -0.0422. The van der Waals surface area contributed by atoms with Crippen molar-refractivity contribution in [2.45, 2.75) is 52.2 Å². The van der Waals surface area contributed by atoms with E-state index in [0.717, 1.165) is 12.8 Å². The highest BCUT2D eigenvalue weighted by Crippen LogP contribution is 2.39. The summed E-state index contributed by atoms with van der Waals surface area (Å²) >= 11 is 0. The number of carbonyl (C=O) groups excluding carboxylic acids is 2. The average molecular weight is 248 g/mol. The Morgan fingerprint density at radius 3 is 2.44 bits per heavy atom. The Morgan fingerprint density at radius 2 is 1.89 bits per heavy atom. The molecule has 2 unspecified atom stereocenters. The first-order chi connectivity index (χ1) is 8.31. The van der Waals surface area contributed by atoms with E-state index >= 15 is 0 Å². The van der Waals surface area contributed by atoms with Crippen molar-refractivity contribution in [2.75, 3.05) is 0 Å². The number of hydrogen-bond acceptors (Lipinski definition) is 3. The summed E-state index contributed by atoms with van der Waals surface area (Å²) in [6.07, 6.45) is 5.07. The lowest BCUT2D eigenvalue weighted by atomic mass is 9.86. The van der Waals surface area contributed by atoms with Gasteiger partial charge >= 0.3 is 0 Å². The van der Waals surface area contributed by atoms with E-state index in [-0.39, 0.29) is 23.1 Å². The molecule has 2 rings (SSSR count). The topological polar surface area (TPSA) is 46.7 Å². The Labute approximate surface area is 108 Å². The Kier molecular flexibility index (Phi) is 3.28. The standard InChI is InChI=1S/C15H20O3/c1-9(5-6-14-15(3,4)18-14)11-8-12(16)10(2)7-13(11)17/h7-9,14H,5-6H2,1-4H3. The zero-order valence-corrected chi connectivity index (χ0v) is 11.4. The molecule has 0 aromatic rings. The van der Waals surface area contributed by atoms with Gasteiger partial charge < -0.3 is 4.74 Å². The molecule has 3 nitrogen and oxygen atoms in total. The maximum Gasteiger partial charge on any atom is 0.182 e. The third-order valence-electron chi connectivity index (χ3n) is 3.86. The molecule has 0 amide bonds. The molecular weight excluding hydrogens is 228 g/mol. The number of allylic oxidation sites excluding steroid dienone is 4. The zero-order chi connectivity index (χ0) is 13.5. The van der Waals surface area contributed by atoms with Crippen LogP contribution in [0.2, 0.25) is 0 Å². The Hall–Kier alpha value is -1.22. The molecule has 3 heteroatoms. The molecule has 2 aliphatic rings. The fraction of sp³-hybridized carbons (Fsp3) is 0.600. The van der Waals surface area contributed by atoms with Crippen LogP contribution in [-0.4, -0.2) is 23.3 Å². The SMILES string of the molecule is CC1=CC(=O)C(C(C)CCC2OC2(C)C)=CC1=O. The Bertz CT molecular complexity index is 454. The van der Waals surface area contributed by atoms with Crippen LogP contribution in [0.15, 0.2) is 23.3 Å². The summed E-state index contributed by atoms with van der Waals surface area (Å²) < 4.78 is 5.52. The summed E-state index contributed by atoms with van der Waals surface area (Å²) in [4.78, 5) is 23.4. The van der Waals surface area contributed by atoms with E-state index < -0.39 is 0 Å². The molecular formula is C15H20O3. The van der Waals surface area contributed by atoms with E-state index in [2.05, 4.69) is 13.8 Å². The molecule has 0 aromatic carbocycles. The third kappa shape index (κ3) is 2.61. The molecule has 1 saturated heterocycles. The molecule has 1 heterocycles. The van der Waals surface area contributed by atoms with E-state index in [4.69, 9.17) is 4.74 Å². The summed E-state index contributed by atoms with van der Waals surface area (Å²) in [5, 5.41) is 0. The number of epoxide rings is 1. The normalized spacial score (nSPS) is 27.7. The van der Waals surface area contributed by atoms with Crippen molar-refractivity contribution < 1.29 is 14.3 Å². The molecule has 0 spiro atoms. The van der Waals surface area contributed by atoms with Crippen LogP contribution in [0.3, 0.4) is 0 Å². The Balaban J connectivity index is 1.93. The second kappa shape index (κ2) is 4.47. The molecule has 98 valence electrons. The van der Waals surface area contributed by atoms with Gasteiger partial charge in [0.25, 0.3) is 0 Å². The molecule has 1 aliphatic heterocycles. The van der Waals surface area contributed by atoms with Crippen molar-refractivity contribution >= 4 is 11.6 Å². The van der Waals surface area contributed by atoms with Crippen LogP contribution in [0.5, 0.6) is 0 Å². The maximum atomic E-state index is 11.9. The van der Waals surface area contributed by atoms with Gasteiger partial charge in [-0.1, -0.05) is 6.92 Å². The van der Waals surface area contributed by atoms with Crippen molar-refractivity contribution in [1.82, 2.24) is 0 Å². The summed E-state index contributed by atoms with van der Waals surface area (Å²) in [6.45, 7) is 7.82. The van der Waals surface area contributed by atoms with Gasteiger partial charge in [-0.3, -0.25) is 9.59 Å². The predicted octanol–water partition coefficient (Wildman–Crippen LogP) is 2.60. The second-order valence-corrected chi connectivity index (χ2v) is 5.84. The summed E-state index contributed by atoms with van der Waals surface area (Å²) in [6, 6.07) is 0. The monoisotopic (exact) mass is 248 g/mol. The predicted molar refractivity (Wildman–Crippen MR) is 69.2 cm³/mol. The fourth-order valence-electron chi connectivity index (χ4n) is 2.36. The smallest absolute Gasteiger partial charge is 0.182 e. The van der Waals surface area contributed by atoms with Crippen molar-refractivity contribution in [1.29, 1.82) is 0 Å². The third-order valence-corrected chi connectivity index (χ3v) is 3.86. The van der Waals surface area contributed by atoms with Crippen molar-refractivity contribution in [2.24, 2.45) is 5.92 Å². The van der Waals surface area contributed by atoms with Crippen LogP contribution in [0.1, 0.15) is 40.5 Å². The van der Waals surface area contributed by atoms with Crippen LogP contribution >= 0.6 is 0 Å². The van der Waals surface area contributed by atoms with Gasteiger partial charge in [0.2, 0.25) is 0 Å². The number of carbonyl (C=O) groups is 2. The first kappa shape index (κ1) is 13.2. The van der Waals surface area contributed by atoms with E-state index in [1.807, 2.05) is 6.92 Å². The highest BCUT2D eigenvalue weighted by molar-refractivity contribution is 6.19. The quantitative estimate of drug-likeness (QED) is 0.567. The number of ketones is 2. The first-order valence-electron chi connectivity index (χ1n) is 6.47. The van der Waals surface area contributed by atoms with Gasteiger partial charge in [-0.05, 0) is 51.7 Å². The van der Waals surface area contributed by atoms with Crippen LogP contribution in [-0.2, 0) is 14.3 Å². The van der Waals surface area contributed by atoms with Gasteiger partial charge in [0.05, 0.1) is 11.7 Å². The van der Waals surface area contributed by atoms with Crippen molar-refractivity contribution in [3.63, 3.8) is 0 Å². The molecule has 0 bridgehead atoms. The molecule has 18 heavy (non-hydrogen) atoms. The van der Waals surface area contributed by atoms with Crippen molar-refractivity contribution in [3.8, 4) is 0 Å². The lowest BCUT2D eigenvalue weighted by molar-refractivity contribution is -0.115. The molecule has 1 fully saturated rings. The summed E-state index contributed by atoms with van der Waals surface area (Å²) in [5.41, 5.74) is 1.17. The van der Waals surface area contributed by atoms with Gasteiger partial charge in [0, 0.05) is 11.1 Å². The van der Waals surface area contributed by atoms with Crippen molar-refractivity contribution in [3.05, 3.63) is 23.3 Å². The molecule has 2 atom stereocenters. The highest BCUT2D eigenvalue weighted by Gasteiger charge is 2.47. The number of hydrogen-bond donors (Lipinski definition) is 0. The zero-order valence-electron chi connectivity index (χ0n) is 11.4. The van der Waals surface area contributed by atoms with Gasteiger partial charge in [0.15, 0.2) is 11.6 Å². The highest BCUT2D eigenvalue weighted by atomic mass is 16.6. The summed E-state index contributed by atoms with van der Waals surface area (Å²) in [5.74, 6) is 0.0563. The van der Waals surface area contributed by atoms with E-state index in [1.165, 1.54) is 12.2 Å². The number of ether oxygens (including phenoxy) is 1. The van der Waals surface area contributed by atoms with Gasteiger partial charge in [-0.2, -0.15) is 0 Å². The number of rotatable bonds is 4. The molecule has 1 aliphatic carbocycles. The lowest BCUT2D eigenvalue weighted by Gasteiger charge is -2.16. The molecule has 0 radical (unpaired) electrons. The Morgan fingerprint density at radius 1 is 1.28 bits per heavy atom. The minimum absolute atomic E-state index is 0.00299. The second-order valence-electron chi connectivity index (χ2n) is 5.84. The van der Waals surface area contributed by atoms with Gasteiger partial charge in [-0.15, -0.1) is 0 Å². The van der Waals surface area contributed by atoms with Crippen LogP contribution < -0.4 is 0 Å². The van der Waals surface area contributed by atoms with Gasteiger partial charge in [-0.25, -0.2) is 0 Å². The minimum Gasteiger partial charge on any atom is -0.367 e.